The molecular weight excluding hydrogens is 532 g/mol. The number of esters is 2. The van der Waals surface area contributed by atoms with Crippen molar-refractivity contribution in [2.24, 2.45) is 0 Å². The molecule has 4 atom stereocenters. The Kier molecular flexibility index (Phi) is 7.99. The number of hydrogen-bond acceptors (Lipinski definition) is 9. The van der Waals surface area contributed by atoms with Crippen LogP contribution in [0.25, 0.3) is 0 Å². The fourth-order valence-corrected chi connectivity index (χ4v) is 4.46. The number of hydrogen-bond donors (Lipinski definition) is 1. The normalized spacial score (nSPS) is 19.8. The molecule has 3 aromatic carbocycles. The van der Waals surface area contributed by atoms with Gasteiger partial charge in [-0.05, 0) is 36.4 Å². The molecule has 4 aromatic rings. The predicted molar refractivity (Wildman–Crippen MR) is 143 cm³/mol. The summed E-state index contributed by atoms with van der Waals surface area (Å²) < 4.78 is 18.6. The van der Waals surface area contributed by atoms with Crippen LogP contribution >= 0.6 is 0 Å². The van der Waals surface area contributed by atoms with E-state index in [1.54, 1.807) is 54.6 Å². The Hall–Kier alpha value is -5.13. The maximum absolute atomic E-state index is 13.6. The third-order valence-corrected chi connectivity index (χ3v) is 6.48. The van der Waals surface area contributed by atoms with Crippen LogP contribution in [0.1, 0.15) is 37.3 Å². The van der Waals surface area contributed by atoms with Crippen molar-refractivity contribution in [3.8, 4) is 0 Å². The molecule has 208 valence electrons. The lowest BCUT2D eigenvalue weighted by Gasteiger charge is -2.25. The molecule has 41 heavy (non-hydrogen) atoms. The van der Waals surface area contributed by atoms with Gasteiger partial charge in [-0.2, -0.15) is 4.57 Å². The van der Waals surface area contributed by atoms with Gasteiger partial charge in [-0.1, -0.05) is 54.6 Å². The van der Waals surface area contributed by atoms with Crippen LogP contribution < -0.4 is 11.2 Å². The van der Waals surface area contributed by atoms with Crippen LogP contribution in [0.2, 0.25) is 0 Å². The van der Waals surface area contributed by atoms with Crippen molar-refractivity contribution in [2.45, 2.75) is 24.5 Å². The molecule has 5 rings (SSSR count). The maximum Gasteiger partial charge on any atom is 0.340 e. The highest BCUT2D eigenvalue weighted by Gasteiger charge is 2.51. The average molecular weight is 557 g/mol. The summed E-state index contributed by atoms with van der Waals surface area (Å²) in [5, 5.41) is 10.1. The molecule has 0 saturated carbocycles. The highest BCUT2D eigenvalue weighted by Crippen LogP contribution is 2.34. The highest BCUT2D eigenvalue weighted by molar-refractivity contribution is 5.95. The molecule has 1 N–H and O–H groups in total. The van der Waals surface area contributed by atoms with Crippen molar-refractivity contribution < 1.29 is 33.7 Å². The molecule has 1 aliphatic heterocycles. The summed E-state index contributed by atoms with van der Waals surface area (Å²) >= 11 is 0. The first-order chi connectivity index (χ1) is 19.9. The minimum Gasteiger partial charge on any atom is -0.452 e. The first kappa shape index (κ1) is 27.4. The molecule has 2 heterocycles. The standard InChI is InChI=1S/C30H24N2O9/c33-18-22-24(40-28(36)20-12-6-2-7-13-20)25(41-29(37)21-14-8-3-9-15-21)27(39-22)31-17-16-23(34)32(30(31)38)26(35)19-10-4-1-5-11-19/h1-17,22,24-25,27,33H,18H2. The third kappa shape index (κ3) is 5.62. The number of ether oxygens (including phenoxy) is 3. The Morgan fingerprint density at radius 1 is 0.707 bits per heavy atom. The van der Waals surface area contributed by atoms with Crippen LogP contribution in [0.5, 0.6) is 0 Å². The molecule has 0 bridgehead atoms. The zero-order valence-electron chi connectivity index (χ0n) is 21.4. The molecule has 1 fully saturated rings. The predicted octanol–water partition coefficient (Wildman–Crippen LogP) is 2.04. The SMILES string of the molecule is O=C(OC1C(CO)OC(n2ccc(=O)n(C(=O)c3ccccc3)c2=O)C1OC(=O)c1ccccc1)c1ccccc1. The van der Waals surface area contributed by atoms with Crippen LogP contribution in [0, 0.1) is 0 Å². The molecule has 11 nitrogen and oxygen atoms in total. The maximum atomic E-state index is 13.6. The Morgan fingerprint density at radius 3 is 1.71 bits per heavy atom. The fraction of sp³-hybridized carbons (Fsp3) is 0.167. The van der Waals surface area contributed by atoms with E-state index < -0.39 is 60.2 Å². The molecule has 1 aliphatic rings. The van der Waals surface area contributed by atoms with E-state index in [1.165, 1.54) is 36.4 Å². The number of carbonyl (C=O) groups is 3. The summed E-state index contributed by atoms with van der Waals surface area (Å²) in [6.45, 7) is -0.667. The van der Waals surface area contributed by atoms with Gasteiger partial charge in [-0.3, -0.25) is 14.2 Å². The van der Waals surface area contributed by atoms with E-state index in [1.807, 2.05) is 0 Å². The Morgan fingerprint density at radius 2 is 1.20 bits per heavy atom. The van der Waals surface area contributed by atoms with E-state index in [4.69, 9.17) is 14.2 Å². The van der Waals surface area contributed by atoms with E-state index in [0.717, 1.165) is 16.8 Å². The molecule has 0 spiro atoms. The van der Waals surface area contributed by atoms with E-state index in [-0.39, 0.29) is 16.7 Å². The van der Waals surface area contributed by atoms with Gasteiger partial charge >= 0.3 is 17.6 Å². The van der Waals surface area contributed by atoms with Crippen LogP contribution in [0.4, 0.5) is 0 Å². The second kappa shape index (κ2) is 11.9. The largest absolute Gasteiger partial charge is 0.452 e. The van der Waals surface area contributed by atoms with Gasteiger partial charge in [-0.15, -0.1) is 0 Å². The minimum absolute atomic E-state index is 0.0896. The quantitative estimate of drug-likeness (QED) is 0.338. The zero-order valence-corrected chi connectivity index (χ0v) is 21.4. The van der Waals surface area contributed by atoms with Gasteiger partial charge in [-0.25, -0.2) is 14.4 Å². The molecule has 0 aliphatic carbocycles. The lowest BCUT2D eigenvalue weighted by molar-refractivity contribution is -0.0608. The van der Waals surface area contributed by atoms with Crippen molar-refractivity contribution in [3.05, 3.63) is 141 Å². The van der Waals surface area contributed by atoms with E-state index in [9.17, 15) is 29.1 Å². The summed E-state index contributed by atoms with van der Waals surface area (Å²) in [6.07, 6.45) is -4.43. The number of aromatic nitrogens is 2. The van der Waals surface area contributed by atoms with Crippen LogP contribution in [-0.2, 0) is 14.2 Å². The smallest absolute Gasteiger partial charge is 0.340 e. The van der Waals surface area contributed by atoms with Gasteiger partial charge in [0.2, 0.25) is 0 Å². The van der Waals surface area contributed by atoms with Gasteiger partial charge in [0.1, 0.15) is 6.10 Å². The van der Waals surface area contributed by atoms with Crippen molar-refractivity contribution >= 4 is 17.8 Å². The summed E-state index contributed by atoms with van der Waals surface area (Å²) in [5.41, 5.74) is -1.51. The number of benzene rings is 3. The summed E-state index contributed by atoms with van der Waals surface area (Å²) in [4.78, 5) is 65.4. The third-order valence-electron chi connectivity index (χ3n) is 6.48. The van der Waals surface area contributed by atoms with Crippen LogP contribution in [0.15, 0.2) is 113 Å². The van der Waals surface area contributed by atoms with Crippen molar-refractivity contribution in [1.29, 1.82) is 0 Å². The second-order valence-corrected chi connectivity index (χ2v) is 9.07. The van der Waals surface area contributed by atoms with Crippen LogP contribution in [-0.4, -0.2) is 57.0 Å². The van der Waals surface area contributed by atoms with E-state index >= 15 is 0 Å². The van der Waals surface area contributed by atoms with E-state index in [0.29, 0.717) is 4.57 Å². The average Bonchev–Trinajstić information content (AvgIpc) is 3.34. The number of rotatable bonds is 7. The summed E-state index contributed by atoms with van der Waals surface area (Å²) in [6, 6.07) is 24.7. The highest BCUT2D eigenvalue weighted by atomic mass is 16.6. The molecule has 4 unspecified atom stereocenters. The van der Waals surface area contributed by atoms with Crippen molar-refractivity contribution in [3.63, 3.8) is 0 Å². The summed E-state index contributed by atoms with van der Waals surface area (Å²) in [7, 11) is 0. The van der Waals surface area contributed by atoms with Gasteiger partial charge < -0.3 is 19.3 Å². The van der Waals surface area contributed by atoms with Gasteiger partial charge in [0.25, 0.3) is 11.5 Å². The second-order valence-electron chi connectivity index (χ2n) is 9.07. The molecule has 0 radical (unpaired) electrons. The topological polar surface area (TPSA) is 143 Å². The number of aliphatic hydroxyl groups is 1. The van der Waals surface area contributed by atoms with E-state index in [2.05, 4.69) is 0 Å². The Balaban J connectivity index is 1.56. The Bertz CT molecular complexity index is 1670. The first-order valence-corrected chi connectivity index (χ1v) is 12.6. The van der Waals surface area contributed by atoms with Crippen molar-refractivity contribution in [1.82, 2.24) is 9.13 Å². The van der Waals surface area contributed by atoms with Gasteiger partial charge in [0, 0.05) is 17.8 Å². The Labute approximate surface area is 232 Å². The van der Waals surface area contributed by atoms with Crippen LogP contribution in [0.3, 0.4) is 0 Å². The molecule has 11 heteroatoms. The van der Waals surface area contributed by atoms with Gasteiger partial charge in [0.05, 0.1) is 17.7 Å². The number of carbonyl (C=O) groups excluding carboxylic acids is 3. The number of nitrogens with zero attached hydrogens (tertiary/aromatic N) is 2. The van der Waals surface area contributed by atoms with Gasteiger partial charge in [0.15, 0.2) is 18.4 Å². The molecular formula is C30H24N2O9. The molecule has 0 amide bonds. The zero-order chi connectivity index (χ0) is 28.9. The first-order valence-electron chi connectivity index (χ1n) is 12.6. The minimum atomic E-state index is -1.48. The fourth-order valence-electron chi connectivity index (χ4n) is 4.46. The molecule has 1 aromatic heterocycles. The monoisotopic (exact) mass is 556 g/mol. The molecule has 1 saturated heterocycles. The van der Waals surface area contributed by atoms with Crippen molar-refractivity contribution in [2.75, 3.05) is 6.61 Å². The lowest BCUT2D eigenvalue weighted by atomic mass is 10.1. The summed E-state index contributed by atoms with van der Waals surface area (Å²) in [5.74, 6) is -2.47. The lowest BCUT2D eigenvalue weighted by Crippen LogP contribution is -2.47. The number of aliphatic hydroxyl groups excluding tert-OH is 1.